The quantitative estimate of drug-likeness (QED) is 0.257. The lowest BCUT2D eigenvalue weighted by Crippen LogP contribution is -2.11. The molecule has 1 aliphatic rings. The number of hydrogen-bond acceptors (Lipinski definition) is 8. The summed E-state index contributed by atoms with van der Waals surface area (Å²) in [6.07, 6.45) is 3.86. The minimum absolute atomic E-state index is 0.193. The van der Waals surface area contributed by atoms with E-state index >= 15 is 0 Å². The fourth-order valence-corrected chi connectivity index (χ4v) is 5.96. The van der Waals surface area contributed by atoms with E-state index in [-0.39, 0.29) is 31.3 Å². The Morgan fingerprint density at radius 3 is 2.54 bits per heavy atom. The molecule has 0 aliphatic carbocycles. The maximum Gasteiger partial charge on any atom is 0.361 e. The summed E-state index contributed by atoms with van der Waals surface area (Å²) >= 11 is 0. The van der Waals surface area contributed by atoms with Crippen molar-refractivity contribution < 1.29 is 22.7 Å². The fraction of sp³-hybridized carbons (Fsp3) is 0.321. The van der Waals surface area contributed by atoms with Gasteiger partial charge in [-0.25, -0.2) is 14.4 Å². The molecular weight excluding hydrogens is 520 g/mol. The van der Waals surface area contributed by atoms with Crippen molar-refractivity contribution in [3.05, 3.63) is 71.4 Å². The molecule has 0 atom stereocenters. The maximum atomic E-state index is 14.6. The first-order valence-electron chi connectivity index (χ1n) is 12.9. The van der Waals surface area contributed by atoms with Gasteiger partial charge in [-0.15, -0.1) is 0 Å². The number of halogens is 1. The Kier molecular flexibility index (Phi) is 8.97. The molecule has 0 radical (unpaired) electrons. The van der Waals surface area contributed by atoms with Crippen LogP contribution in [0.25, 0.3) is 16.8 Å². The van der Waals surface area contributed by atoms with Crippen molar-refractivity contribution in [2.45, 2.75) is 40.7 Å². The smallest absolute Gasteiger partial charge is 0.361 e. The molecule has 0 unspecified atom stereocenters. The van der Waals surface area contributed by atoms with Crippen molar-refractivity contribution in [1.82, 2.24) is 14.4 Å². The third kappa shape index (κ3) is 5.66. The molecule has 11 heteroatoms. The van der Waals surface area contributed by atoms with Gasteiger partial charge >= 0.3 is 7.60 Å². The number of rotatable bonds is 9. The van der Waals surface area contributed by atoms with Gasteiger partial charge < -0.3 is 19.1 Å². The van der Waals surface area contributed by atoms with Crippen molar-refractivity contribution in [2.75, 3.05) is 25.1 Å². The zero-order valence-corrected chi connectivity index (χ0v) is 23.3. The van der Waals surface area contributed by atoms with Crippen LogP contribution in [0.5, 0.6) is 5.75 Å². The molecule has 0 bridgehead atoms. The Balaban J connectivity index is 0.00000172. The van der Waals surface area contributed by atoms with E-state index in [0.717, 1.165) is 11.1 Å². The van der Waals surface area contributed by atoms with Crippen LogP contribution in [0, 0.1) is 17.1 Å². The minimum Gasteiger partial charge on any atom is -0.493 e. The Morgan fingerprint density at radius 1 is 1.15 bits per heavy atom. The van der Waals surface area contributed by atoms with E-state index in [2.05, 4.69) is 21.4 Å². The van der Waals surface area contributed by atoms with Gasteiger partial charge in [0.25, 0.3) is 0 Å². The summed E-state index contributed by atoms with van der Waals surface area (Å²) in [6.45, 7) is 8.75. The highest BCUT2D eigenvalue weighted by molar-refractivity contribution is 7.62. The third-order valence-corrected chi connectivity index (χ3v) is 8.19. The van der Waals surface area contributed by atoms with Gasteiger partial charge in [-0.1, -0.05) is 26.0 Å². The lowest BCUT2D eigenvalue weighted by Gasteiger charge is -2.17. The van der Waals surface area contributed by atoms with Crippen molar-refractivity contribution >= 4 is 24.5 Å². The van der Waals surface area contributed by atoms with Crippen LogP contribution in [-0.2, 0) is 26.6 Å². The molecule has 0 amide bonds. The number of fused-ring (bicyclic) bond motifs is 2. The fourth-order valence-electron chi connectivity index (χ4n) is 4.39. The zero-order valence-electron chi connectivity index (χ0n) is 22.4. The molecule has 3 heterocycles. The van der Waals surface area contributed by atoms with Gasteiger partial charge in [0.05, 0.1) is 31.3 Å². The zero-order chi connectivity index (χ0) is 28.0. The highest BCUT2D eigenvalue weighted by atomic mass is 31.2. The summed E-state index contributed by atoms with van der Waals surface area (Å²) in [4.78, 5) is 9.00. The van der Waals surface area contributed by atoms with Crippen molar-refractivity contribution in [2.24, 2.45) is 0 Å². The van der Waals surface area contributed by atoms with Crippen LogP contribution in [0.3, 0.4) is 0 Å². The van der Waals surface area contributed by atoms with Gasteiger partial charge in [-0.2, -0.15) is 5.26 Å². The number of nitrogens with zero attached hydrogens (tertiary/aromatic N) is 4. The van der Waals surface area contributed by atoms with Crippen LogP contribution in [0.4, 0.5) is 10.3 Å². The van der Waals surface area contributed by atoms with Crippen molar-refractivity contribution in [3.63, 3.8) is 0 Å². The molecule has 1 aliphatic heterocycles. The van der Waals surface area contributed by atoms with Crippen LogP contribution in [0.15, 0.2) is 48.8 Å². The van der Waals surface area contributed by atoms with Crippen LogP contribution in [0.1, 0.15) is 44.5 Å². The summed E-state index contributed by atoms with van der Waals surface area (Å²) in [5.74, 6) is 0.796. The Morgan fingerprint density at radius 2 is 1.87 bits per heavy atom. The standard InChI is InChI=1S/C26H25FN5O4P.C2H6/c1-3-35-37(33,36-4-2)19-7-5-17(6-8-19)21-14-29-26(32-16-18(13-28)31-25(21)32)30-15-22-20-11-12-34-24(20)10-9-23(22)27;1-2/h5-10,14,16H,3-4,11-12,15H2,1-2H3,(H,29,30);1-2H3. The SMILES string of the molecule is CC.CCOP(=O)(OCC)c1ccc(-c2cnc(NCc3c(F)ccc4c3CCO4)n3cc(C#N)nc23)cc1. The first-order valence-corrected chi connectivity index (χ1v) is 14.5. The number of nitrogens with one attached hydrogen (secondary N) is 1. The molecule has 9 nitrogen and oxygen atoms in total. The number of hydrogen-bond donors (Lipinski definition) is 1. The minimum atomic E-state index is -3.42. The van der Waals surface area contributed by atoms with Gasteiger partial charge in [-0.05, 0) is 43.7 Å². The summed E-state index contributed by atoms with van der Waals surface area (Å²) in [6, 6.07) is 12.1. The number of nitriles is 1. The lowest BCUT2D eigenvalue weighted by molar-refractivity contribution is 0.230. The van der Waals surface area contributed by atoms with Gasteiger partial charge in [-0.3, -0.25) is 8.97 Å². The molecule has 2 aromatic heterocycles. The second kappa shape index (κ2) is 12.4. The van der Waals surface area contributed by atoms with E-state index in [1.165, 1.54) is 6.07 Å². The molecule has 0 saturated heterocycles. The third-order valence-electron chi connectivity index (χ3n) is 6.06. The predicted molar refractivity (Wildman–Crippen MR) is 148 cm³/mol. The van der Waals surface area contributed by atoms with Gasteiger partial charge in [0, 0.05) is 35.9 Å². The summed E-state index contributed by atoms with van der Waals surface area (Å²) in [7, 11) is -3.42. The molecule has 204 valence electrons. The average molecular weight is 552 g/mol. The highest BCUT2D eigenvalue weighted by Gasteiger charge is 2.27. The number of anilines is 1. The Hall–Kier alpha value is -3.77. The van der Waals surface area contributed by atoms with Crippen LogP contribution in [0.2, 0.25) is 0 Å². The monoisotopic (exact) mass is 551 g/mol. The molecule has 0 spiro atoms. The molecule has 0 fully saturated rings. The second-order valence-electron chi connectivity index (χ2n) is 8.26. The summed E-state index contributed by atoms with van der Waals surface area (Å²) in [5, 5.41) is 13.1. The van der Waals surface area contributed by atoms with E-state index in [0.29, 0.717) is 46.8 Å². The van der Waals surface area contributed by atoms with Gasteiger partial charge in [0.15, 0.2) is 11.3 Å². The van der Waals surface area contributed by atoms with Crippen molar-refractivity contribution in [1.29, 1.82) is 5.26 Å². The first-order chi connectivity index (χ1) is 19.0. The summed E-state index contributed by atoms with van der Waals surface area (Å²) < 4.78 is 45.8. The molecular formula is C28H31FN5O4P. The van der Waals surface area contributed by atoms with Gasteiger partial charge in [0.2, 0.25) is 5.95 Å². The van der Waals surface area contributed by atoms with E-state index in [1.807, 2.05) is 13.8 Å². The topological polar surface area (TPSA) is 111 Å². The van der Waals surface area contributed by atoms with Crippen LogP contribution in [-0.4, -0.2) is 34.2 Å². The van der Waals surface area contributed by atoms with Crippen LogP contribution < -0.4 is 15.4 Å². The highest BCUT2D eigenvalue weighted by Crippen LogP contribution is 2.47. The first kappa shape index (κ1) is 28.2. The lowest BCUT2D eigenvalue weighted by atomic mass is 10.0. The van der Waals surface area contributed by atoms with E-state index in [9.17, 15) is 14.2 Å². The molecule has 0 saturated carbocycles. The number of benzene rings is 2. The number of imidazole rings is 1. The molecule has 5 rings (SSSR count). The normalized spacial score (nSPS) is 12.3. The Labute approximate surface area is 227 Å². The molecule has 39 heavy (non-hydrogen) atoms. The predicted octanol–water partition coefficient (Wildman–Crippen LogP) is 5.87. The Bertz CT molecular complexity index is 1540. The maximum absolute atomic E-state index is 14.6. The summed E-state index contributed by atoms with van der Waals surface area (Å²) in [5.41, 5.74) is 3.51. The van der Waals surface area contributed by atoms with Gasteiger partial charge in [0.1, 0.15) is 17.6 Å². The molecule has 1 N–H and O–H groups in total. The second-order valence-corrected chi connectivity index (χ2v) is 10.3. The molecule has 4 aromatic rings. The number of ether oxygens (including phenoxy) is 1. The van der Waals surface area contributed by atoms with E-state index in [4.69, 9.17) is 13.8 Å². The van der Waals surface area contributed by atoms with E-state index in [1.54, 1.807) is 61.0 Å². The average Bonchev–Trinajstić information content (AvgIpc) is 3.62. The molecule has 2 aromatic carbocycles. The van der Waals surface area contributed by atoms with Crippen LogP contribution >= 0.6 is 7.60 Å². The van der Waals surface area contributed by atoms with E-state index < -0.39 is 7.60 Å². The largest absolute Gasteiger partial charge is 0.493 e. The van der Waals surface area contributed by atoms with Crippen molar-refractivity contribution in [3.8, 4) is 22.9 Å². The number of aromatic nitrogens is 3.